The number of unbranched alkanes of at least 4 members (excludes halogenated alkanes) is 3. The van der Waals surface area contributed by atoms with Gasteiger partial charge < -0.3 is 10.4 Å². The van der Waals surface area contributed by atoms with Gasteiger partial charge in [-0.25, -0.2) is 0 Å². The van der Waals surface area contributed by atoms with Gasteiger partial charge in [0.25, 0.3) is 0 Å². The summed E-state index contributed by atoms with van der Waals surface area (Å²) in [6.45, 7) is 4.71. The maximum atomic E-state index is 8.86. The molecule has 2 N–H and O–H groups in total. The number of aliphatic hydroxyl groups is 1. The van der Waals surface area contributed by atoms with E-state index in [1.54, 1.807) is 0 Å². The minimum atomic E-state index is 0.223. The van der Waals surface area contributed by atoms with Crippen LogP contribution in [0.25, 0.3) is 0 Å². The van der Waals surface area contributed by atoms with Crippen LogP contribution in [-0.2, 0) is 6.42 Å². The Morgan fingerprint density at radius 2 is 1.83 bits per heavy atom. The molecule has 0 amide bonds. The monoisotopic (exact) mass is 249 g/mol. The fourth-order valence-corrected chi connectivity index (χ4v) is 2.13. The average molecular weight is 249 g/mol. The largest absolute Gasteiger partial charge is 0.396 e. The number of anilines is 1. The summed E-state index contributed by atoms with van der Waals surface area (Å²) in [7, 11) is 0. The standard InChI is InChI=1S/C16H27NO/c1-3-4-5-6-7-14(2)17-16-10-8-15(9-11-16)12-13-18/h8-11,14,17-18H,3-7,12-13H2,1-2H3. The van der Waals surface area contributed by atoms with Crippen molar-refractivity contribution in [1.29, 1.82) is 0 Å². The molecule has 2 nitrogen and oxygen atoms in total. The molecular weight excluding hydrogens is 222 g/mol. The second kappa shape index (κ2) is 8.98. The summed E-state index contributed by atoms with van der Waals surface area (Å²) in [6, 6.07) is 8.91. The van der Waals surface area contributed by atoms with Gasteiger partial charge in [-0.05, 0) is 37.5 Å². The molecule has 1 atom stereocenters. The van der Waals surface area contributed by atoms with Crippen LogP contribution in [0.1, 0.15) is 51.5 Å². The van der Waals surface area contributed by atoms with Crippen molar-refractivity contribution in [3.63, 3.8) is 0 Å². The third-order valence-electron chi connectivity index (χ3n) is 3.26. The molecule has 0 aliphatic rings. The molecule has 0 aliphatic heterocycles. The maximum Gasteiger partial charge on any atom is 0.0471 e. The van der Waals surface area contributed by atoms with Gasteiger partial charge in [-0.15, -0.1) is 0 Å². The number of hydrogen-bond acceptors (Lipinski definition) is 2. The van der Waals surface area contributed by atoms with Gasteiger partial charge in [0.1, 0.15) is 0 Å². The minimum Gasteiger partial charge on any atom is -0.396 e. The summed E-state index contributed by atoms with van der Waals surface area (Å²) >= 11 is 0. The zero-order valence-corrected chi connectivity index (χ0v) is 11.8. The highest BCUT2D eigenvalue weighted by Crippen LogP contribution is 2.14. The van der Waals surface area contributed by atoms with E-state index >= 15 is 0 Å². The maximum absolute atomic E-state index is 8.86. The molecule has 1 aromatic rings. The molecule has 102 valence electrons. The lowest BCUT2D eigenvalue weighted by Gasteiger charge is -2.15. The van der Waals surface area contributed by atoms with Crippen molar-refractivity contribution in [2.75, 3.05) is 11.9 Å². The molecule has 0 fully saturated rings. The Bertz CT molecular complexity index is 307. The van der Waals surface area contributed by atoms with Crippen molar-refractivity contribution < 1.29 is 5.11 Å². The average Bonchev–Trinajstić information content (AvgIpc) is 2.37. The minimum absolute atomic E-state index is 0.223. The molecule has 0 heterocycles. The van der Waals surface area contributed by atoms with Crippen LogP contribution in [0.5, 0.6) is 0 Å². The predicted molar refractivity (Wildman–Crippen MR) is 79.1 cm³/mol. The third-order valence-corrected chi connectivity index (χ3v) is 3.26. The van der Waals surface area contributed by atoms with Gasteiger partial charge in [0.05, 0.1) is 0 Å². The molecule has 0 saturated heterocycles. The summed E-state index contributed by atoms with van der Waals surface area (Å²) < 4.78 is 0. The first kappa shape index (κ1) is 15.0. The van der Waals surface area contributed by atoms with Crippen LogP contribution in [0.3, 0.4) is 0 Å². The second-order valence-corrected chi connectivity index (χ2v) is 5.07. The van der Waals surface area contributed by atoms with Crippen molar-refractivity contribution >= 4 is 5.69 Å². The van der Waals surface area contributed by atoms with Crippen LogP contribution >= 0.6 is 0 Å². The molecule has 2 heteroatoms. The van der Waals surface area contributed by atoms with Gasteiger partial charge in [-0.3, -0.25) is 0 Å². The zero-order valence-electron chi connectivity index (χ0n) is 11.8. The van der Waals surface area contributed by atoms with Crippen molar-refractivity contribution in [1.82, 2.24) is 0 Å². The Labute approximate surface area is 111 Å². The highest BCUT2D eigenvalue weighted by molar-refractivity contribution is 5.45. The topological polar surface area (TPSA) is 32.3 Å². The molecule has 1 rings (SSSR count). The molecule has 1 aromatic carbocycles. The Kier molecular flexibility index (Phi) is 7.51. The van der Waals surface area contributed by atoms with Gasteiger partial charge in [-0.2, -0.15) is 0 Å². The molecule has 0 aliphatic carbocycles. The fraction of sp³-hybridized carbons (Fsp3) is 0.625. The zero-order chi connectivity index (χ0) is 13.2. The molecule has 0 aromatic heterocycles. The number of benzene rings is 1. The van der Waals surface area contributed by atoms with Gasteiger partial charge in [0.15, 0.2) is 0 Å². The Balaban J connectivity index is 2.28. The van der Waals surface area contributed by atoms with Crippen molar-refractivity contribution in [3.8, 4) is 0 Å². The fourth-order valence-electron chi connectivity index (χ4n) is 2.13. The molecule has 18 heavy (non-hydrogen) atoms. The van der Waals surface area contributed by atoms with Crippen LogP contribution < -0.4 is 5.32 Å². The quantitative estimate of drug-likeness (QED) is 0.649. The van der Waals surface area contributed by atoms with E-state index in [9.17, 15) is 0 Å². The molecule has 0 saturated carbocycles. The summed E-state index contributed by atoms with van der Waals surface area (Å²) in [5.41, 5.74) is 2.37. The van der Waals surface area contributed by atoms with E-state index in [4.69, 9.17) is 5.11 Å². The van der Waals surface area contributed by atoms with E-state index < -0.39 is 0 Å². The highest BCUT2D eigenvalue weighted by Gasteiger charge is 2.01. The molecule has 0 spiro atoms. The highest BCUT2D eigenvalue weighted by atomic mass is 16.2. The Hall–Kier alpha value is -1.02. The van der Waals surface area contributed by atoms with Crippen molar-refractivity contribution in [2.24, 2.45) is 0 Å². The Morgan fingerprint density at radius 3 is 2.44 bits per heavy atom. The van der Waals surface area contributed by atoms with E-state index in [-0.39, 0.29) is 6.61 Å². The van der Waals surface area contributed by atoms with E-state index in [1.807, 2.05) is 0 Å². The van der Waals surface area contributed by atoms with E-state index in [1.165, 1.54) is 43.4 Å². The summed E-state index contributed by atoms with van der Waals surface area (Å²) in [5.74, 6) is 0. The number of nitrogens with one attached hydrogen (secondary N) is 1. The summed E-state index contributed by atoms with van der Waals surface area (Å²) in [4.78, 5) is 0. The van der Waals surface area contributed by atoms with Crippen molar-refractivity contribution in [3.05, 3.63) is 29.8 Å². The lowest BCUT2D eigenvalue weighted by atomic mass is 10.1. The first-order valence-corrected chi connectivity index (χ1v) is 7.22. The van der Waals surface area contributed by atoms with E-state index in [0.29, 0.717) is 6.04 Å². The third kappa shape index (κ3) is 6.06. The number of rotatable bonds is 9. The van der Waals surface area contributed by atoms with Crippen LogP contribution in [-0.4, -0.2) is 17.8 Å². The van der Waals surface area contributed by atoms with Gasteiger partial charge in [-0.1, -0.05) is 44.7 Å². The number of hydrogen-bond donors (Lipinski definition) is 2. The van der Waals surface area contributed by atoms with Gasteiger partial charge >= 0.3 is 0 Å². The molecular formula is C16H27NO. The SMILES string of the molecule is CCCCCCC(C)Nc1ccc(CCO)cc1. The Morgan fingerprint density at radius 1 is 1.11 bits per heavy atom. The molecule has 0 bridgehead atoms. The summed E-state index contributed by atoms with van der Waals surface area (Å²) in [6.07, 6.45) is 7.28. The predicted octanol–water partition coefficient (Wildman–Crippen LogP) is 3.99. The first-order chi connectivity index (χ1) is 8.76. The molecule has 0 radical (unpaired) electrons. The van der Waals surface area contributed by atoms with Crippen LogP contribution in [0, 0.1) is 0 Å². The number of aliphatic hydroxyl groups excluding tert-OH is 1. The first-order valence-electron chi connectivity index (χ1n) is 7.22. The van der Waals surface area contributed by atoms with Crippen LogP contribution in [0.15, 0.2) is 24.3 Å². The van der Waals surface area contributed by atoms with Crippen molar-refractivity contribution in [2.45, 2.75) is 58.4 Å². The second-order valence-electron chi connectivity index (χ2n) is 5.07. The van der Waals surface area contributed by atoms with E-state index in [2.05, 4.69) is 43.4 Å². The smallest absolute Gasteiger partial charge is 0.0471 e. The van der Waals surface area contributed by atoms with Gasteiger partial charge in [0, 0.05) is 18.3 Å². The normalized spacial score (nSPS) is 12.4. The lowest BCUT2D eigenvalue weighted by Crippen LogP contribution is -2.14. The van der Waals surface area contributed by atoms with Gasteiger partial charge in [0.2, 0.25) is 0 Å². The summed E-state index contributed by atoms with van der Waals surface area (Å²) in [5, 5.41) is 12.4. The lowest BCUT2D eigenvalue weighted by molar-refractivity contribution is 0.299. The molecule has 1 unspecified atom stereocenters. The van der Waals surface area contributed by atoms with E-state index in [0.717, 1.165) is 6.42 Å². The van der Waals surface area contributed by atoms with Crippen LogP contribution in [0.4, 0.5) is 5.69 Å². The van der Waals surface area contributed by atoms with Crippen LogP contribution in [0.2, 0.25) is 0 Å².